The zero-order valence-electron chi connectivity index (χ0n) is 12.3. The highest BCUT2D eigenvalue weighted by atomic mass is 15.3. The van der Waals surface area contributed by atoms with E-state index in [1.165, 1.54) is 16.8 Å². The minimum Gasteiger partial charge on any atom is -0.308 e. The minimum absolute atomic E-state index is 0.836. The molecule has 108 valence electrons. The summed E-state index contributed by atoms with van der Waals surface area (Å²) in [5.74, 6) is 0. The fourth-order valence-electron chi connectivity index (χ4n) is 2.26. The van der Waals surface area contributed by atoms with Crippen molar-refractivity contribution in [3.8, 4) is 5.69 Å². The lowest BCUT2D eigenvalue weighted by molar-refractivity contribution is 0.684. The Balaban J connectivity index is 1.57. The molecule has 5 nitrogen and oxygen atoms in total. The molecule has 5 heteroatoms. The highest BCUT2D eigenvalue weighted by Crippen LogP contribution is 2.10. The predicted octanol–water partition coefficient (Wildman–Crippen LogP) is 2.20. The van der Waals surface area contributed by atoms with Gasteiger partial charge in [-0.25, -0.2) is 4.98 Å². The smallest absolute Gasteiger partial charge is 0.0991 e. The van der Waals surface area contributed by atoms with Gasteiger partial charge >= 0.3 is 0 Å². The average Bonchev–Trinajstić information content (AvgIpc) is 3.13. The number of nitrogens with zero attached hydrogens (tertiary/aromatic N) is 4. The number of nitrogens with one attached hydrogen (secondary N) is 1. The molecule has 0 saturated carbocycles. The zero-order chi connectivity index (χ0) is 14.7. The normalized spacial score (nSPS) is 11.0. The Morgan fingerprint density at radius 2 is 1.95 bits per heavy atom. The standard InChI is InChI=1S/C16H19N5/c1-13-15(11-19-20(13)2)10-18-9-14-3-5-16(6-4-14)21-8-7-17-12-21/h3-8,11-12,18H,9-10H2,1-2H3. The zero-order valence-corrected chi connectivity index (χ0v) is 12.3. The van der Waals surface area contributed by atoms with Gasteiger partial charge in [0, 0.05) is 49.5 Å². The molecule has 1 aromatic carbocycles. The molecule has 0 aliphatic rings. The lowest BCUT2D eigenvalue weighted by Gasteiger charge is -2.07. The van der Waals surface area contributed by atoms with Crippen LogP contribution in [0.5, 0.6) is 0 Å². The summed E-state index contributed by atoms with van der Waals surface area (Å²) in [5.41, 5.74) is 4.84. The molecule has 0 aliphatic carbocycles. The lowest BCUT2D eigenvalue weighted by atomic mass is 10.2. The highest BCUT2D eigenvalue weighted by Gasteiger charge is 2.03. The fraction of sp³-hybridized carbons (Fsp3) is 0.250. The van der Waals surface area contributed by atoms with Gasteiger partial charge < -0.3 is 9.88 Å². The molecule has 3 rings (SSSR count). The number of imidazole rings is 1. The van der Waals surface area contributed by atoms with E-state index in [0.29, 0.717) is 0 Å². The van der Waals surface area contributed by atoms with Crippen molar-refractivity contribution < 1.29 is 0 Å². The molecule has 3 aromatic rings. The average molecular weight is 281 g/mol. The molecule has 2 aromatic heterocycles. The van der Waals surface area contributed by atoms with Gasteiger partial charge in [-0.3, -0.25) is 4.68 Å². The maximum Gasteiger partial charge on any atom is 0.0991 e. The minimum atomic E-state index is 0.836. The number of aryl methyl sites for hydroxylation is 1. The largest absolute Gasteiger partial charge is 0.308 e. The number of hydrogen-bond acceptors (Lipinski definition) is 3. The molecule has 0 unspecified atom stereocenters. The van der Waals surface area contributed by atoms with E-state index in [4.69, 9.17) is 0 Å². The van der Waals surface area contributed by atoms with Crippen LogP contribution in [0.2, 0.25) is 0 Å². The SMILES string of the molecule is Cc1c(CNCc2ccc(-n3ccnc3)cc2)cnn1C. The fourth-order valence-corrected chi connectivity index (χ4v) is 2.26. The lowest BCUT2D eigenvalue weighted by Crippen LogP contribution is -2.13. The van der Waals surface area contributed by atoms with Crippen molar-refractivity contribution in [1.82, 2.24) is 24.6 Å². The van der Waals surface area contributed by atoms with Crippen molar-refractivity contribution in [2.75, 3.05) is 0 Å². The number of benzene rings is 1. The molecule has 0 saturated heterocycles. The van der Waals surface area contributed by atoms with Gasteiger partial charge in [-0.05, 0) is 24.6 Å². The van der Waals surface area contributed by atoms with Gasteiger partial charge in [0.1, 0.15) is 0 Å². The van der Waals surface area contributed by atoms with Crippen molar-refractivity contribution in [1.29, 1.82) is 0 Å². The second kappa shape index (κ2) is 5.93. The Morgan fingerprint density at radius 1 is 1.14 bits per heavy atom. The Labute approximate surface area is 124 Å². The topological polar surface area (TPSA) is 47.7 Å². The van der Waals surface area contributed by atoms with E-state index >= 15 is 0 Å². The molecule has 0 atom stereocenters. The van der Waals surface area contributed by atoms with Crippen molar-refractivity contribution >= 4 is 0 Å². The molecule has 1 N–H and O–H groups in total. The number of aromatic nitrogens is 4. The van der Waals surface area contributed by atoms with Crippen LogP contribution in [0.15, 0.2) is 49.2 Å². The molecular weight excluding hydrogens is 262 g/mol. The summed E-state index contributed by atoms with van der Waals surface area (Å²) in [7, 11) is 1.97. The number of hydrogen-bond donors (Lipinski definition) is 1. The van der Waals surface area contributed by atoms with Crippen molar-refractivity contribution in [3.05, 3.63) is 66.0 Å². The molecular formula is C16H19N5. The third-order valence-corrected chi connectivity index (χ3v) is 3.72. The van der Waals surface area contributed by atoms with E-state index in [1.807, 2.05) is 28.7 Å². The summed E-state index contributed by atoms with van der Waals surface area (Å²) >= 11 is 0. The van der Waals surface area contributed by atoms with Crippen LogP contribution < -0.4 is 5.32 Å². The van der Waals surface area contributed by atoms with E-state index in [1.54, 1.807) is 12.5 Å². The van der Waals surface area contributed by atoms with Crippen LogP contribution in [0.25, 0.3) is 5.69 Å². The predicted molar refractivity (Wildman–Crippen MR) is 82.1 cm³/mol. The molecule has 0 fully saturated rings. The van der Waals surface area contributed by atoms with E-state index in [-0.39, 0.29) is 0 Å². The van der Waals surface area contributed by atoms with E-state index < -0.39 is 0 Å². The highest BCUT2D eigenvalue weighted by molar-refractivity contribution is 5.34. The van der Waals surface area contributed by atoms with Crippen LogP contribution in [0.3, 0.4) is 0 Å². The first-order chi connectivity index (χ1) is 10.2. The summed E-state index contributed by atoms with van der Waals surface area (Å²) in [6.07, 6.45) is 7.45. The van der Waals surface area contributed by atoms with Crippen LogP contribution in [0, 0.1) is 6.92 Å². The summed E-state index contributed by atoms with van der Waals surface area (Å²) in [6, 6.07) is 8.49. The maximum atomic E-state index is 4.25. The number of rotatable bonds is 5. The van der Waals surface area contributed by atoms with Crippen LogP contribution in [-0.2, 0) is 20.1 Å². The second-order valence-corrected chi connectivity index (χ2v) is 5.12. The van der Waals surface area contributed by atoms with E-state index in [2.05, 4.69) is 46.6 Å². The van der Waals surface area contributed by atoms with Crippen molar-refractivity contribution in [3.63, 3.8) is 0 Å². The van der Waals surface area contributed by atoms with Gasteiger partial charge in [-0.1, -0.05) is 12.1 Å². The van der Waals surface area contributed by atoms with E-state index in [9.17, 15) is 0 Å². The van der Waals surface area contributed by atoms with Crippen LogP contribution in [0.4, 0.5) is 0 Å². The van der Waals surface area contributed by atoms with Gasteiger partial charge in [0.15, 0.2) is 0 Å². The van der Waals surface area contributed by atoms with Crippen LogP contribution >= 0.6 is 0 Å². The first kappa shape index (κ1) is 13.6. The Bertz CT molecular complexity index is 695. The summed E-state index contributed by atoms with van der Waals surface area (Å²) in [6.45, 7) is 3.77. The van der Waals surface area contributed by atoms with Gasteiger partial charge in [-0.2, -0.15) is 5.10 Å². The maximum absolute atomic E-state index is 4.25. The Hall–Kier alpha value is -2.40. The van der Waals surface area contributed by atoms with Crippen molar-refractivity contribution in [2.45, 2.75) is 20.0 Å². The van der Waals surface area contributed by atoms with Crippen LogP contribution in [0.1, 0.15) is 16.8 Å². The first-order valence-corrected chi connectivity index (χ1v) is 6.99. The molecule has 0 aliphatic heterocycles. The van der Waals surface area contributed by atoms with Gasteiger partial charge in [-0.15, -0.1) is 0 Å². The summed E-state index contributed by atoms with van der Waals surface area (Å²) < 4.78 is 3.90. The van der Waals surface area contributed by atoms with E-state index in [0.717, 1.165) is 18.8 Å². The third-order valence-electron chi connectivity index (χ3n) is 3.72. The molecule has 0 radical (unpaired) electrons. The molecule has 0 spiro atoms. The summed E-state index contributed by atoms with van der Waals surface area (Å²) in [4.78, 5) is 4.06. The quantitative estimate of drug-likeness (QED) is 0.780. The third kappa shape index (κ3) is 3.03. The Kier molecular flexibility index (Phi) is 3.83. The molecule has 0 bridgehead atoms. The van der Waals surface area contributed by atoms with Gasteiger partial charge in [0.05, 0.1) is 12.5 Å². The van der Waals surface area contributed by atoms with Gasteiger partial charge in [0.25, 0.3) is 0 Å². The molecule has 0 amide bonds. The monoisotopic (exact) mass is 281 g/mol. The van der Waals surface area contributed by atoms with Gasteiger partial charge in [0.2, 0.25) is 0 Å². The van der Waals surface area contributed by atoms with Crippen molar-refractivity contribution in [2.24, 2.45) is 7.05 Å². The first-order valence-electron chi connectivity index (χ1n) is 6.99. The van der Waals surface area contributed by atoms with Crippen LogP contribution in [-0.4, -0.2) is 19.3 Å². The summed E-state index contributed by atoms with van der Waals surface area (Å²) in [5, 5.41) is 7.70. The molecule has 2 heterocycles. The molecule has 21 heavy (non-hydrogen) atoms. The second-order valence-electron chi connectivity index (χ2n) is 5.12. The Morgan fingerprint density at radius 3 is 2.57 bits per heavy atom.